The van der Waals surface area contributed by atoms with Gasteiger partial charge in [-0.15, -0.1) is 6.58 Å². The van der Waals surface area contributed by atoms with Crippen LogP contribution in [-0.4, -0.2) is 31.4 Å². The quantitative estimate of drug-likeness (QED) is 0.478. The monoisotopic (exact) mass is 206 g/mol. The molecule has 0 aliphatic rings. The van der Waals surface area contributed by atoms with Crippen LogP contribution >= 0.6 is 0 Å². The first kappa shape index (κ1) is 12.8. The largest absolute Gasteiger partial charge is 0.674 e. The predicted octanol–water partition coefficient (Wildman–Crippen LogP) is 0.814. The Labute approximate surface area is 80.3 Å². The maximum absolute atomic E-state index is 9.28. The Balaban J connectivity index is 3.90. The van der Waals surface area contributed by atoms with Gasteiger partial charge in [0.15, 0.2) is 0 Å². The van der Waals surface area contributed by atoms with Gasteiger partial charge in [0.2, 0.25) is 0 Å². The fourth-order valence-corrected chi connectivity index (χ4v) is 2.04. The summed E-state index contributed by atoms with van der Waals surface area (Å²) >= 11 is 0. The van der Waals surface area contributed by atoms with Gasteiger partial charge in [-0.05, 0) is 12.8 Å². The molecule has 0 amide bonds. The van der Waals surface area contributed by atoms with E-state index in [0.29, 0.717) is 0 Å². The molecule has 0 aromatic carbocycles. The van der Waals surface area contributed by atoms with Gasteiger partial charge in [-0.3, -0.25) is 0 Å². The van der Waals surface area contributed by atoms with Crippen LogP contribution in [0.4, 0.5) is 0 Å². The molecule has 0 saturated heterocycles. The molecule has 0 aromatic heterocycles. The van der Waals surface area contributed by atoms with Crippen molar-refractivity contribution >= 4 is 9.05 Å². The van der Waals surface area contributed by atoms with Gasteiger partial charge < -0.3 is 18.4 Å². The van der Waals surface area contributed by atoms with Crippen molar-refractivity contribution in [1.82, 2.24) is 0 Å². The molecule has 13 heavy (non-hydrogen) atoms. The van der Waals surface area contributed by atoms with E-state index in [2.05, 4.69) is 6.58 Å². The Hall–Kier alpha value is -0.203. The summed E-state index contributed by atoms with van der Waals surface area (Å²) in [7, 11) is -3.90. The molecule has 0 aliphatic heterocycles. The first-order valence-electron chi connectivity index (χ1n) is 4.43. The van der Waals surface area contributed by atoms with Gasteiger partial charge in [0.1, 0.15) is 0 Å². The summed E-state index contributed by atoms with van der Waals surface area (Å²) in [6.07, 6.45) is 2.78. The average Bonchev–Trinajstić information content (AvgIpc) is 2.11. The minimum atomic E-state index is -3.90. The zero-order valence-corrected chi connectivity index (χ0v) is 9.19. The Bertz CT molecular complexity index is 145. The minimum Gasteiger partial charge on any atom is -0.367 e. The van der Waals surface area contributed by atoms with E-state index >= 15 is 0 Å². The van der Waals surface area contributed by atoms with Crippen LogP contribution in [0.15, 0.2) is 12.7 Å². The minimum absolute atomic E-state index is 0.0966. The third-order valence-electron chi connectivity index (χ3n) is 1.62. The zero-order valence-electron chi connectivity index (χ0n) is 8.19. The van der Waals surface area contributed by atoms with Crippen molar-refractivity contribution in [3.8, 4) is 0 Å². The molecule has 0 unspecified atom stereocenters. The van der Waals surface area contributed by atoms with Gasteiger partial charge in [0.05, 0.1) is 12.7 Å². The summed E-state index contributed by atoms with van der Waals surface area (Å²) in [4.78, 5) is 18.6. The van der Waals surface area contributed by atoms with Crippen molar-refractivity contribution in [3.05, 3.63) is 12.7 Å². The second kappa shape index (κ2) is 6.28. The molecule has 0 aromatic rings. The van der Waals surface area contributed by atoms with Gasteiger partial charge in [0.25, 0.3) is 0 Å². The van der Waals surface area contributed by atoms with E-state index < -0.39 is 9.05 Å². The fourth-order valence-electron chi connectivity index (χ4n) is 0.874. The molecular weight excluding hydrogens is 188 g/mol. The van der Waals surface area contributed by atoms with Gasteiger partial charge in [-0.25, -0.2) is 0 Å². The van der Waals surface area contributed by atoms with Gasteiger partial charge in [-0.2, -0.15) is 0 Å². The topological polar surface area (TPSA) is 58.9 Å². The van der Waals surface area contributed by atoms with Crippen LogP contribution in [-0.2, 0) is 8.85 Å². The van der Waals surface area contributed by atoms with E-state index in [1.807, 2.05) is 13.8 Å². The van der Waals surface area contributed by atoms with Crippen molar-refractivity contribution in [2.75, 3.05) is 6.61 Å². The first-order chi connectivity index (χ1) is 6.05. The lowest BCUT2D eigenvalue weighted by molar-refractivity contribution is -0.00311. The summed E-state index contributed by atoms with van der Waals surface area (Å²) in [6.45, 7) is 7.34. The summed E-state index contributed by atoms with van der Waals surface area (Å²) in [6, 6.07) is 0. The van der Waals surface area contributed by atoms with Crippen molar-refractivity contribution < 1.29 is 18.4 Å². The molecule has 2 N–H and O–H groups in total. The third-order valence-corrected chi connectivity index (χ3v) is 2.80. The van der Waals surface area contributed by atoms with Gasteiger partial charge in [0, 0.05) is 0 Å². The van der Waals surface area contributed by atoms with Crippen molar-refractivity contribution in [2.45, 2.75) is 32.8 Å². The van der Waals surface area contributed by atoms with Crippen LogP contribution < -0.4 is 0 Å². The second-order valence-electron chi connectivity index (χ2n) is 2.70. The van der Waals surface area contributed by atoms with E-state index in [1.54, 1.807) is 0 Å². The third kappa shape index (κ3) is 5.95. The molecule has 4 nitrogen and oxygen atoms in total. The molecule has 78 valence electrons. The molecule has 0 atom stereocenters. The standard InChI is InChI=1S/C8H18O4Si/c1-4-7-11-13(9,10)12-8(5-2)6-3/h4,8-10H,1,5-7H2,2-3H3. The molecule has 0 saturated carbocycles. The lowest BCUT2D eigenvalue weighted by Gasteiger charge is -2.21. The lowest BCUT2D eigenvalue weighted by atomic mass is 10.2. The second-order valence-corrected chi connectivity index (χ2v) is 4.33. The van der Waals surface area contributed by atoms with E-state index in [-0.39, 0.29) is 12.7 Å². The van der Waals surface area contributed by atoms with Crippen LogP contribution in [0.1, 0.15) is 26.7 Å². The average molecular weight is 206 g/mol. The van der Waals surface area contributed by atoms with Crippen molar-refractivity contribution in [2.24, 2.45) is 0 Å². The van der Waals surface area contributed by atoms with Crippen LogP contribution in [0.2, 0.25) is 0 Å². The smallest absolute Gasteiger partial charge is 0.367 e. The summed E-state index contributed by atoms with van der Waals surface area (Å²) in [5.74, 6) is 0. The lowest BCUT2D eigenvalue weighted by Crippen LogP contribution is -2.45. The number of hydrogen-bond donors (Lipinski definition) is 2. The fraction of sp³-hybridized carbons (Fsp3) is 0.750. The number of rotatable bonds is 7. The highest BCUT2D eigenvalue weighted by molar-refractivity contribution is 6.50. The molecule has 0 radical (unpaired) electrons. The Kier molecular flexibility index (Phi) is 6.18. The van der Waals surface area contributed by atoms with Crippen molar-refractivity contribution in [3.63, 3.8) is 0 Å². The molecule has 5 heteroatoms. The number of hydrogen-bond acceptors (Lipinski definition) is 4. The maximum Gasteiger partial charge on any atom is 0.674 e. The highest BCUT2D eigenvalue weighted by atomic mass is 28.4. The van der Waals surface area contributed by atoms with Crippen LogP contribution in [0.3, 0.4) is 0 Å². The van der Waals surface area contributed by atoms with Crippen LogP contribution in [0.25, 0.3) is 0 Å². The normalized spacial score (nSPS) is 12.1. The molecule has 0 rings (SSSR count). The highest BCUT2D eigenvalue weighted by Gasteiger charge is 2.38. The maximum atomic E-state index is 9.28. The van der Waals surface area contributed by atoms with E-state index in [4.69, 9.17) is 8.85 Å². The zero-order chi connectivity index (χ0) is 10.3. The van der Waals surface area contributed by atoms with Gasteiger partial charge in [-0.1, -0.05) is 19.9 Å². The van der Waals surface area contributed by atoms with Crippen LogP contribution in [0, 0.1) is 0 Å². The van der Waals surface area contributed by atoms with E-state index in [1.165, 1.54) is 6.08 Å². The van der Waals surface area contributed by atoms with Crippen LogP contribution in [0.5, 0.6) is 0 Å². The van der Waals surface area contributed by atoms with E-state index in [9.17, 15) is 9.59 Å². The Morgan fingerprint density at radius 2 is 1.92 bits per heavy atom. The highest BCUT2D eigenvalue weighted by Crippen LogP contribution is 2.09. The first-order valence-corrected chi connectivity index (χ1v) is 6.14. The van der Waals surface area contributed by atoms with Gasteiger partial charge >= 0.3 is 9.05 Å². The molecule has 0 bridgehead atoms. The Morgan fingerprint density at radius 1 is 1.38 bits per heavy atom. The van der Waals surface area contributed by atoms with Crippen molar-refractivity contribution in [1.29, 1.82) is 0 Å². The molecule has 0 heterocycles. The predicted molar refractivity (Wildman–Crippen MR) is 51.8 cm³/mol. The van der Waals surface area contributed by atoms with E-state index in [0.717, 1.165) is 12.8 Å². The molecule has 0 aliphatic carbocycles. The molecule has 0 spiro atoms. The summed E-state index contributed by atoms with van der Waals surface area (Å²) in [5.41, 5.74) is 0. The summed E-state index contributed by atoms with van der Waals surface area (Å²) in [5, 5.41) is 0. The Morgan fingerprint density at radius 3 is 2.31 bits per heavy atom. The SMILES string of the molecule is C=CCO[Si](O)(O)OC(CC)CC. The molecule has 0 fully saturated rings. The summed E-state index contributed by atoms with van der Waals surface area (Å²) < 4.78 is 9.74. The molecular formula is C8H18O4Si.